The quantitative estimate of drug-likeness (QED) is 0.473. The van der Waals surface area contributed by atoms with Gasteiger partial charge in [0.1, 0.15) is 21.8 Å². The number of halogens is 2. The number of benzene rings is 1. The Morgan fingerprint density at radius 3 is 2.27 bits per heavy atom. The molecule has 1 aromatic heterocycles. The van der Waals surface area contributed by atoms with Crippen LogP contribution >= 0.6 is 23.2 Å². The van der Waals surface area contributed by atoms with Crippen molar-refractivity contribution in [3.63, 3.8) is 0 Å². The maximum atomic E-state index is 11.3. The highest BCUT2D eigenvalue weighted by molar-refractivity contribution is 6.34. The van der Waals surface area contributed by atoms with Crippen LogP contribution in [0.25, 0.3) is 0 Å². The molecule has 114 valence electrons. The lowest BCUT2D eigenvalue weighted by atomic mass is 10.1. The van der Waals surface area contributed by atoms with Crippen LogP contribution in [0.1, 0.15) is 17.0 Å². The molecule has 0 spiro atoms. The zero-order valence-corrected chi connectivity index (χ0v) is 13.1. The Balaban J connectivity index is 2.21. The fourth-order valence-corrected chi connectivity index (χ4v) is 2.33. The van der Waals surface area contributed by atoms with Crippen molar-refractivity contribution in [1.82, 2.24) is 9.97 Å². The Morgan fingerprint density at radius 2 is 1.77 bits per heavy atom. The first kappa shape index (κ1) is 16.3. The van der Waals surface area contributed by atoms with Gasteiger partial charge in [-0.25, -0.2) is 9.97 Å². The predicted octanol–water partition coefficient (Wildman–Crippen LogP) is 3.49. The third-order valence-corrected chi connectivity index (χ3v) is 3.53. The van der Waals surface area contributed by atoms with E-state index >= 15 is 0 Å². The smallest absolute Gasteiger partial charge is 0.310 e. The summed E-state index contributed by atoms with van der Waals surface area (Å²) < 4.78 is 4.57. The predicted molar refractivity (Wildman–Crippen MR) is 82.5 cm³/mol. The van der Waals surface area contributed by atoms with Gasteiger partial charge in [-0.05, 0) is 22.9 Å². The molecule has 0 radical (unpaired) electrons. The Kier molecular flexibility index (Phi) is 5.41. The molecule has 6 nitrogen and oxygen atoms in total. The number of rotatable bonds is 5. The molecule has 1 heterocycles. The topological polar surface area (TPSA) is 81.5 Å². The van der Waals surface area contributed by atoms with Gasteiger partial charge in [0.15, 0.2) is 0 Å². The second-order valence-corrected chi connectivity index (χ2v) is 5.10. The van der Waals surface area contributed by atoms with E-state index in [2.05, 4.69) is 19.9 Å². The summed E-state index contributed by atoms with van der Waals surface area (Å²) in [5.74, 6) is -0.0625. The molecule has 8 heteroatoms. The summed E-state index contributed by atoms with van der Waals surface area (Å²) in [4.78, 5) is 29.9. The van der Waals surface area contributed by atoms with Gasteiger partial charge < -0.3 is 4.74 Å². The molecule has 0 bridgehead atoms. The highest BCUT2D eigenvalue weighted by Crippen LogP contribution is 2.23. The van der Waals surface area contributed by atoms with E-state index < -0.39 is 5.97 Å². The van der Waals surface area contributed by atoms with Gasteiger partial charge in [-0.1, -0.05) is 35.3 Å². The largest absolute Gasteiger partial charge is 0.469 e. The van der Waals surface area contributed by atoms with Crippen molar-refractivity contribution >= 4 is 34.9 Å². The molecule has 2 rings (SSSR count). The van der Waals surface area contributed by atoms with E-state index in [9.17, 15) is 9.70 Å². The van der Waals surface area contributed by atoms with E-state index in [1.807, 2.05) is 0 Å². The summed E-state index contributed by atoms with van der Waals surface area (Å²) in [6.45, 7) is 0. The van der Waals surface area contributed by atoms with Crippen molar-refractivity contribution in [2.45, 2.75) is 12.8 Å². The lowest BCUT2D eigenvalue weighted by molar-refractivity contribution is -0.139. The van der Waals surface area contributed by atoms with Gasteiger partial charge in [-0.3, -0.25) is 4.79 Å². The van der Waals surface area contributed by atoms with Gasteiger partial charge in [0.05, 0.1) is 13.5 Å². The molecule has 0 unspecified atom stereocenters. The van der Waals surface area contributed by atoms with Crippen molar-refractivity contribution in [1.29, 1.82) is 0 Å². The highest BCUT2D eigenvalue weighted by atomic mass is 35.5. The molecular weight excluding hydrogens is 329 g/mol. The fraction of sp³-hybridized carbons (Fsp3) is 0.214. The third kappa shape index (κ3) is 3.99. The number of nitroso groups, excluding NO2 is 1. The van der Waals surface area contributed by atoms with E-state index in [0.717, 1.165) is 5.56 Å². The summed E-state index contributed by atoms with van der Waals surface area (Å²) in [5.41, 5.74) is 1.55. The number of ether oxygens (including phenoxy) is 1. The van der Waals surface area contributed by atoms with Crippen molar-refractivity contribution in [2.75, 3.05) is 7.11 Å². The number of hydrogen-bond acceptors (Lipinski definition) is 6. The molecule has 0 aliphatic rings. The van der Waals surface area contributed by atoms with Crippen LogP contribution < -0.4 is 0 Å². The van der Waals surface area contributed by atoms with E-state index in [-0.39, 0.29) is 16.7 Å². The first-order chi connectivity index (χ1) is 10.5. The lowest BCUT2D eigenvalue weighted by Crippen LogP contribution is -2.09. The summed E-state index contributed by atoms with van der Waals surface area (Å²) in [5, 5.41) is 3.06. The van der Waals surface area contributed by atoms with Crippen molar-refractivity contribution in [2.24, 2.45) is 5.18 Å². The van der Waals surface area contributed by atoms with E-state index in [0.29, 0.717) is 23.5 Å². The second kappa shape index (κ2) is 7.29. The number of aromatic nitrogens is 2. The minimum atomic E-state index is -0.475. The number of carbonyl (C=O) groups excluding carboxylic acids is 1. The molecule has 0 N–H and O–H groups in total. The summed E-state index contributed by atoms with van der Waals surface area (Å²) in [6.07, 6.45) is 0.297. The van der Waals surface area contributed by atoms with Crippen LogP contribution in [0.2, 0.25) is 10.3 Å². The SMILES string of the molecule is COC(=O)Cc1c(Cl)nc(Cc2ccc(N=O)cc2)nc1Cl. The van der Waals surface area contributed by atoms with E-state index in [1.54, 1.807) is 24.3 Å². The van der Waals surface area contributed by atoms with Crippen LogP contribution in [0, 0.1) is 4.91 Å². The van der Waals surface area contributed by atoms with Gasteiger partial charge in [-0.15, -0.1) is 4.91 Å². The van der Waals surface area contributed by atoms with Crippen LogP contribution in [0.4, 0.5) is 5.69 Å². The van der Waals surface area contributed by atoms with E-state index in [4.69, 9.17) is 23.2 Å². The van der Waals surface area contributed by atoms with Crippen molar-refractivity contribution < 1.29 is 9.53 Å². The molecule has 0 atom stereocenters. The number of nitrogens with zero attached hydrogens (tertiary/aromatic N) is 3. The standard InChI is InChI=1S/C14H11Cl2N3O3/c1-22-12(20)7-10-13(15)17-11(18-14(10)16)6-8-2-4-9(19-21)5-3-8/h2-5H,6-7H2,1H3. The zero-order valence-electron chi connectivity index (χ0n) is 11.5. The molecule has 2 aromatic rings. The summed E-state index contributed by atoms with van der Waals surface area (Å²) in [7, 11) is 1.28. The summed E-state index contributed by atoms with van der Waals surface area (Å²) in [6, 6.07) is 6.67. The molecule has 0 saturated carbocycles. The zero-order chi connectivity index (χ0) is 16.1. The first-order valence-electron chi connectivity index (χ1n) is 6.23. The Morgan fingerprint density at radius 1 is 1.18 bits per heavy atom. The van der Waals surface area contributed by atoms with Crippen LogP contribution in [0.15, 0.2) is 29.4 Å². The van der Waals surface area contributed by atoms with Crippen molar-refractivity contribution in [3.8, 4) is 0 Å². The Hall–Kier alpha value is -2.05. The molecule has 0 aliphatic heterocycles. The Labute approximate surface area is 136 Å². The molecule has 0 aliphatic carbocycles. The Bertz CT molecular complexity index is 682. The monoisotopic (exact) mass is 339 g/mol. The van der Waals surface area contributed by atoms with Crippen LogP contribution in [-0.4, -0.2) is 23.0 Å². The normalized spacial score (nSPS) is 10.3. The fourth-order valence-electron chi connectivity index (χ4n) is 1.77. The lowest BCUT2D eigenvalue weighted by Gasteiger charge is -2.07. The molecule has 0 amide bonds. The molecule has 0 fully saturated rings. The van der Waals surface area contributed by atoms with Crippen LogP contribution in [-0.2, 0) is 22.4 Å². The van der Waals surface area contributed by atoms with Crippen molar-refractivity contribution in [3.05, 3.63) is 56.4 Å². The molecule has 0 saturated heterocycles. The first-order valence-corrected chi connectivity index (χ1v) is 6.99. The number of methoxy groups -OCH3 is 1. The second-order valence-electron chi connectivity index (χ2n) is 4.39. The van der Waals surface area contributed by atoms with Gasteiger partial charge >= 0.3 is 5.97 Å². The summed E-state index contributed by atoms with van der Waals surface area (Å²) >= 11 is 12.1. The van der Waals surface area contributed by atoms with Crippen LogP contribution in [0.3, 0.4) is 0 Å². The average molecular weight is 340 g/mol. The maximum absolute atomic E-state index is 11.3. The van der Waals surface area contributed by atoms with Gasteiger partial charge in [0.2, 0.25) is 0 Å². The van der Waals surface area contributed by atoms with E-state index in [1.165, 1.54) is 7.11 Å². The molecule has 22 heavy (non-hydrogen) atoms. The number of esters is 1. The van der Waals surface area contributed by atoms with Gasteiger partial charge in [-0.2, -0.15) is 0 Å². The van der Waals surface area contributed by atoms with Gasteiger partial charge in [0.25, 0.3) is 0 Å². The van der Waals surface area contributed by atoms with Crippen LogP contribution in [0.5, 0.6) is 0 Å². The molecular formula is C14H11Cl2N3O3. The third-order valence-electron chi connectivity index (χ3n) is 2.91. The minimum absolute atomic E-state index is 0.0891. The highest BCUT2D eigenvalue weighted by Gasteiger charge is 2.15. The molecule has 1 aromatic carbocycles. The number of carbonyl (C=O) groups is 1. The number of hydrogen-bond donors (Lipinski definition) is 0. The maximum Gasteiger partial charge on any atom is 0.310 e. The minimum Gasteiger partial charge on any atom is -0.469 e. The van der Waals surface area contributed by atoms with Gasteiger partial charge in [0, 0.05) is 12.0 Å². The average Bonchev–Trinajstić information content (AvgIpc) is 2.51.